The number of benzene rings is 2. The molecule has 0 atom stereocenters. The fourth-order valence-electron chi connectivity index (χ4n) is 2.82. The van der Waals surface area contributed by atoms with Gasteiger partial charge < -0.3 is 14.3 Å². The fraction of sp³-hybridized carbons (Fsp3) is 0.0526. The molecular weight excluding hydrogens is 445 g/mol. The van der Waals surface area contributed by atoms with Crippen LogP contribution in [0.15, 0.2) is 70.0 Å². The van der Waals surface area contributed by atoms with E-state index in [1.165, 1.54) is 4.57 Å². The number of nitrogens with one attached hydrogen (secondary N) is 1. The maximum atomic E-state index is 12.7. The summed E-state index contributed by atoms with van der Waals surface area (Å²) in [6.45, 7) is 0. The van der Waals surface area contributed by atoms with Crippen LogP contribution < -0.4 is 11.1 Å². The molecule has 130 valence electrons. The van der Waals surface area contributed by atoms with Gasteiger partial charge in [0.2, 0.25) is 0 Å². The summed E-state index contributed by atoms with van der Waals surface area (Å²) in [5.41, 5.74) is 3.10. The molecule has 0 bridgehead atoms. The van der Waals surface area contributed by atoms with Crippen LogP contribution in [0.5, 0.6) is 0 Å². The second kappa shape index (κ2) is 6.49. The molecule has 2 heterocycles. The number of aryl methyl sites for hydroxylation is 1. The van der Waals surface area contributed by atoms with Gasteiger partial charge in [-0.15, -0.1) is 0 Å². The summed E-state index contributed by atoms with van der Waals surface area (Å²) in [5, 5.41) is 2.86. The fourth-order valence-corrected chi connectivity index (χ4v) is 3.35. The molecule has 0 aliphatic rings. The predicted molar refractivity (Wildman–Crippen MR) is 108 cm³/mol. The van der Waals surface area contributed by atoms with Crippen molar-refractivity contribution in [3.8, 4) is 5.69 Å². The Hall–Kier alpha value is -2.81. The maximum absolute atomic E-state index is 12.7. The molecule has 2 aromatic carbocycles. The van der Waals surface area contributed by atoms with Gasteiger partial charge in [-0.05, 0) is 65.1 Å². The Balaban J connectivity index is 1.65. The zero-order valence-corrected chi connectivity index (χ0v) is 15.9. The molecule has 26 heavy (non-hydrogen) atoms. The summed E-state index contributed by atoms with van der Waals surface area (Å²) in [4.78, 5) is 24.3. The summed E-state index contributed by atoms with van der Waals surface area (Å²) in [5.74, 6) is -0.678. The van der Waals surface area contributed by atoms with E-state index in [0.717, 1.165) is 9.26 Å². The second-order valence-electron chi connectivity index (χ2n) is 5.81. The van der Waals surface area contributed by atoms with Crippen molar-refractivity contribution in [2.75, 3.05) is 5.32 Å². The van der Waals surface area contributed by atoms with E-state index < -0.39 is 5.76 Å². The van der Waals surface area contributed by atoms with Crippen LogP contribution >= 0.6 is 22.6 Å². The smallest absolute Gasteiger partial charge is 0.408 e. The first kappa shape index (κ1) is 16.6. The first-order chi connectivity index (χ1) is 12.5. The van der Waals surface area contributed by atoms with Gasteiger partial charge in [0.1, 0.15) is 5.69 Å². The number of halogens is 1. The van der Waals surface area contributed by atoms with E-state index in [4.69, 9.17) is 4.42 Å². The molecule has 0 aliphatic carbocycles. The Morgan fingerprint density at radius 2 is 1.96 bits per heavy atom. The molecule has 2 aromatic heterocycles. The predicted octanol–water partition coefficient (Wildman–Crippen LogP) is 3.78. The van der Waals surface area contributed by atoms with Gasteiger partial charge in [0, 0.05) is 34.3 Å². The molecule has 0 unspecified atom stereocenters. The molecule has 4 aromatic rings. The molecule has 0 saturated heterocycles. The molecule has 0 aliphatic heterocycles. The van der Waals surface area contributed by atoms with E-state index in [1.54, 1.807) is 31.3 Å². The van der Waals surface area contributed by atoms with Gasteiger partial charge in [-0.2, -0.15) is 0 Å². The number of carbonyl (C=O) groups excluding carboxylic acids is 1. The molecular formula is C19H14IN3O3. The lowest BCUT2D eigenvalue weighted by molar-refractivity contribution is 0.102. The van der Waals surface area contributed by atoms with Gasteiger partial charge in [-0.3, -0.25) is 9.36 Å². The van der Waals surface area contributed by atoms with Crippen molar-refractivity contribution in [2.24, 2.45) is 7.05 Å². The van der Waals surface area contributed by atoms with Crippen molar-refractivity contribution >= 4 is 45.3 Å². The highest BCUT2D eigenvalue weighted by Gasteiger charge is 2.14. The molecule has 0 radical (unpaired) electrons. The zero-order valence-electron chi connectivity index (χ0n) is 13.8. The van der Waals surface area contributed by atoms with Gasteiger partial charge in [-0.1, -0.05) is 6.07 Å². The number of hydrogen-bond donors (Lipinski definition) is 1. The minimum atomic E-state index is -0.434. The van der Waals surface area contributed by atoms with Crippen LogP contribution in [0.3, 0.4) is 0 Å². The van der Waals surface area contributed by atoms with Gasteiger partial charge >= 0.3 is 5.76 Å². The lowest BCUT2D eigenvalue weighted by Crippen LogP contribution is -2.16. The summed E-state index contributed by atoms with van der Waals surface area (Å²) in [7, 11) is 1.64. The highest BCUT2D eigenvalue weighted by atomic mass is 127. The van der Waals surface area contributed by atoms with Gasteiger partial charge in [0.05, 0.1) is 5.52 Å². The Morgan fingerprint density at radius 3 is 2.77 bits per heavy atom. The molecule has 0 fully saturated rings. The van der Waals surface area contributed by atoms with Crippen LogP contribution in [0.25, 0.3) is 16.8 Å². The SMILES string of the molecule is Cn1c(=O)oc2cc(NC(=O)c3cccn3-c3cccc(I)c3)ccc21. The van der Waals surface area contributed by atoms with Crippen molar-refractivity contribution in [3.63, 3.8) is 0 Å². The van der Waals surface area contributed by atoms with E-state index in [-0.39, 0.29) is 5.91 Å². The Morgan fingerprint density at radius 1 is 1.12 bits per heavy atom. The average molecular weight is 459 g/mol. The third kappa shape index (κ3) is 2.94. The number of hydrogen-bond acceptors (Lipinski definition) is 3. The van der Waals surface area contributed by atoms with Crippen LogP contribution in [0, 0.1) is 3.57 Å². The molecule has 1 amide bonds. The largest absolute Gasteiger partial charge is 0.419 e. The number of nitrogens with zero attached hydrogens (tertiary/aromatic N) is 2. The van der Waals surface area contributed by atoms with Crippen LogP contribution in [-0.2, 0) is 7.05 Å². The molecule has 7 heteroatoms. The van der Waals surface area contributed by atoms with Gasteiger partial charge in [0.25, 0.3) is 5.91 Å². The normalized spacial score (nSPS) is 11.0. The topological polar surface area (TPSA) is 69.2 Å². The van der Waals surface area contributed by atoms with Crippen molar-refractivity contribution in [1.29, 1.82) is 0 Å². The highest BCUT2D eigenvalue weighted by Crippen LogP contribution is 2.20. The number of amides is 1. The van der Waals surface area contributed by atoms with Crippen molar-refractivity contribution in [3.05, 3.63) is 80.6 Å². The van der Waals surface area contributed by atoms with Crippen LogP contribution in [0.1, 0.15) is 10.5 Å². The number of anilines is 1. The third-order valence-corrected chi connectivity index (χ3v) is 4.79. The van der Waals surface area contributed by atoms with E-state index in [9.17, 15) is 9.59 Å². The minimum Gasteiger partial charge on any atom is -0.408 e. The molecule has 1 N–H and O–H groups in total. The molecule has 0 saturated carbocycles. The average Bonchev–Trinajstić information content (AvgIpc) is 3.20. The zero-order chi connectivity index (χ0) is 18.3. The standard InChI is InChI=1S/C19H14IN3O3/c1-22-15-8-7-13(11-17(15)26-19(22)25)21-18(24)16-6-3-9-23(16)14-5-2-4-12(20)10-14/h2-11H,1H3,(H,21,24). The monoisotopic (exact) mass is 459 g/mol. The van der Waals surface area contributed by atoms with E-state index in [0.29, 0.717) is 22.5 Å². The number of fused-ring (bicyclic) bond motifs is 1. The maximum Gasteiger partial charge on any atom is 0.419 e. The second-order valence-corrected chi connectivity index (χ2v) is 7.05. The Labute approximate surface area is 162 Å². The van der Waals surface area contributed by atoms with E-state index in [2.05, 4.69) is 27.9 Å². The minimum absolute atomic E-state index is 0.244. The van der Waals surface area contributed by atoms with Crippen LogP contribution in [0.4, 0.5) is 5.69 Å². The molecule has 4 rings (SSSR count). The van der Waals surface area contributed by atoms with E-state index in [1.807, 2.05) is 41.1 Å². The summed E-state index contributed by atoms with van der Waals surface area (Å²) in [6.07, 6.45) is 1.85. The number of aromatic nitrogens is 2. The highest BCUT2D eigenvalue weighted by molar-refractivity contribution is 14.1. The van der Waals surface area contributed by atoms with Crippen LogP contribution in [0.2, 0.25) is 0 Å². The third-order valence-electron chi connectivity index (χ3n) is 4.12. The summed E-state index contributed by atoms with van der Waals surface area (Å²) >= 11 is 2.24. The summed E-state index contributed by atoms with van der Waals surface area (Å²) in [6, 6.07) is 16.6. The first-order valence-electron chi connectivity index (χ1n) is 7.87. The lowest BCUT2D eigenvalue weighted by Gasteiger charge is -2.10. The number of carbonyl (C=O) groups is 1. The molecule has 0 spiro atoms. The summed E-state index contributed by atoms with van der Waals surface area (Å²) < 4.78 is 9.51. The molecule has 6 nitrogen and oxygen atoms in total. The van der Waals surface area contributed by atoms with Gasteiger partial charge in [0.15, 0.2) is 5.58 Å². The Kier molecular flexibility index (Phi) is 4.15. The number of rotatable bonds is 3. The van der Waals surface area contributed by atoms with Crippen molar-refractivity contribution in [2.45, 2.75) is 0 Å². The Bertz CT molecular complexity index is 1190. The van der Waals surface area contributed by atoms with Crippen molar-refractivity contribution in [1.82, 2.24) is 9.13 Å². The number of oxazole rings is 1. The van der Waals surface area contributed by atoms with Gasteiger partial charge in [-0.25, -0.2) is 4.79 Å². The van der Waals surface area contributed by atoms with Crippen molar-refractivity contribution < 1.29 is 9.21 Å². The van der Waals surface area contributed by atoms with E-state index >= 15 is 0 Å². The quantitative estimate of drug-likeness (QED) is 0.475. The first-order valence-corrected chi connectivity index (χ1v) is 8.95. The lowest BCUT2D eigenvalue weighted by atomic mass is 10.2. The van der Waals surface area contributed by atoms with Crippen LogP contribution in [-0.4, -0.2) is 15.0 Å².